The van der Waals surface area contributed by atoms with E-state index in [0.29, 0.717) is 12.0 Å². The van der Waals surface area contributed by atoms with E-state index in [0.717, 1.165) is 19.4 Å². The molecule has 0 aromatic rings. The van der Waals surface area contributed by atoms with Gasteiger partial charge in [-0.05, 0) is 52.5 Å². The molecule has 1 fully saturated rings. The Hall–Kier alpha value is -0.810. The van der Waals surface area contributed by atoms with Crippen LogP contribution in [-0.2, 0) is 9.47 Å². The van der Waals surface area contributed by atoms with E-state index in [4.69, 9.17) is 9.47 Å². The summed E-state index contributed by atoms with van der Waals surface area (Å²) in [4.78, 5) is 11.9. The number of hydrogen-bond donors (Lipinski definition) is 2. The number of ether oxygens (including phenoxy) is 2. The SMILES string of the molecule is CCOC1CC(NC(=O)OC(C)(C)C)C1NCCC(C)(C)C. The first-order valence-electron chi connectivity index (χ1n) is 8.36. The molecule has 0 spiro atoms. The van der Waals surface area contributed by atoms with E-state index in [9.17, 15) is 4.79 Å². The van der Waals surface area contributed by atoms with Crippen LogP contribution < -0.4 is 10.6 Å². The van der Waals surface area contributed by atoms with Gasteiger partial charge in [0.25, 0.3) is 0 Å². The van der Waals surface area contributed by atoms with Crippen LogP contribution in [-0.4, -0.2) is 43.0 Å². The molecule has 0 bridgehead atoms. The molecule has 1 aliphatic rings. The fourth-order valence-corrected chi connectivity index (χ4v) is 2.49. The van der Waals surface area contributed by atoms with Gasteiger partial charge < -0.3 is 20.1 Å². The van der Waals surface area contributed by atoms with Crippen LogP contribution in [0.1, 0.15) is 61.3 Å². The van der Waals surface area contributed by atoms with E-state index in [1.54, 1.807) is 0 Å². The zero-order valence-electron chi connectivity index (χ0n) is 15.3. The molecule has 0 radical (unpaired) electrons. The number of alkyl carbamates (subject to hydrolysis) is 1. The summed E-state index contributed by atoms with van der Waals surface area (Å²) in [5, 5.41) is 6.49. The number of amides is 1. The molecule has 3 atom stereocenters. The van der Waals surface area contributed by atoms with Crippen LogP contribution in [0.2, 0.25) is 0 Å². The van der Waals surface area contributed by atoms with E-state index < -0.39 is 5.60 Å². The molecule has 0 saturated heterocycles. The van der Waals surface area contributed by atoms with Crippen LogP contribution in [0.3, 0.4) is 0 Å². The summed E-state index contributed by atoms with van der Waals surface area (Å²) >= 11 is 0. The Balaban J connectivity index is 2.46. The van der Waals surface area contributed by atoms with Crippen LogP contribution in [0.25, 0.3) is 0 Å². The minimum Gasteiger partial charge on any atom is -0.444 e. The van der Waals surface area contributed by atoms with Gasteiger partial charge in [-0.25, -0.2) is 4.79 Å². The zero-order valence-corrected chi connectivity index (χ0v) is 15.3. The van der Waals surface area contributed by atoms with Gasteiger partial charge in [-0.15, -0.1) is 0 Å². The van der Waals surface area contributed by atoms with Gasteiger partial charge in [0, 0.05) is 6.61 Å². The molecule has 0 aromatic heterocycles. The molecule has 22 heavy (non-hydrogen) atoms. The topological polar surface area (TPSA) is 59.6 Å². The number of nitrogens with one attached hydrogen (secondary N) is 2. The van der Waals surface area contributed by atoms with Crippen molar-refractivity contribution in [3.05, 3.63) is 0 Å². The maximum Gasteiger partial charge on any atom is 0.407 e. The standard InChI is InChI=1S/C17H34N2O3/c1-8-21-13-11-12(19-15(20)22-17(5,6)7)14(13)18-10-9-16(2,3)4/h12-14,18H,8-11H2,1-7H3,(H,19,20). The number of rotatable bonds is 6. The second-order valence-corrected chi connectivity index (χ2v) is 8.27. The summed E-state index contributed by atoms with van der Waals surface area (Å²) < 4.78 is 11.1. The molecule has 0 aliphatic heterocycles. The first-order chi connectivity index (χ1) is 10.0. The Morgan fingerprint density at radius 1 is 1.18 bits per heavy atom. The first-order valence-corrected chi connectivity index (χ1v) is 8.36. The third-order valence-electron chi connectivity index (χ3n) is 3.66. The second kappa shape index (κ2) is 7.64. The van der Waals surface area contributed by atoms with Crippen LogP contribution >= 0.6 is 0 Å². The lowest BCUT2D eigenvalue weighted by Crippen LogP contribution is -2.66. The Labute approximate surface area is 135 Å². The molecular weight excluding hydrogens is 280 g/mol. The van der Waals surface area contributed by atoms with E-state index in [-0.39, 0.29) is 24.3 Å². The highest BCUT2D eigenvalue weighted by molar-refractivity contribution is 5.68. The van der Waals surface area contributed by atoms with Crippen LogP contribution in [0.4, 0.5) is 4.79 Å². The summed E-state index contributed by atoms with van der Waals surface area (Å²) in [6.07, 6.45) is 1.74. The van der Waals surface area contributed by atoms with Gasteiger partial charge in [-0.2, -0.15) is 0 Å². The van der Waals surface area contributed by atoms with Gasteiger partial charge >= 0.3 is 6.09 Å². The Morgan fingerprint density at radius 2 is 1.82 bits per heavy atom. The van der Waals surface area contributed by atoms with Gasteiger partial charge in [0.2, 0.25) is 0 Å². The normalized spacial score (nSPS) is 25.5. The smallest absolute Gasteiger partial charge is 0.407 e. The van der Waals surface area contributed by atoms with Crippen molar-refractivity contribution >= 4 is 6.09 Å². The fourth-order valence-electron chi connectivity index (χ4n) is 2.49. The molecule has 1 amide bonds. The number of carbonyl (C=O) groups is 1. The Morgan fingerprint density at radius 3 is 2.32 bits per heavy atom. The van der Waals surface area contributed by atoms with E-state index in [1.807, 2.05) is 27.7 Å². The van der Waals surface area contributed by atoms with Gasteiger partial charge in [0.05, 0.1) is 18.2 Å². The fraction of sp³-hybridized carbons (Fsp3) is 0.941. The van der Waals surface area contributed by atoms with Crippen LogP contribution in [0.5, 0.6) is 0 Å². The van der Waals surface area contributed by atoms with Gasteiger partial charge in [-0.3, -0.25) is 0 Å². The quantitative estimate of drug-likeness (QED) is 0.791. The average Bonchev–Trinajstić information content (AvgIpc) is 2.29. The second-order valence-electron chi connectivity index (χ2n) is 8.27. The number of hydrogen-bond acceptors (Lipinski definition) is 4. The third kappa shape index (κ3) is 6.97. The maximum atomic E-state index is 11.9. The lowest BCUT2D eigenvalue weighted by atomic mass is 9.82. The van der Waals surface area contributed by atoms with Crippen molar-refractivity contribution in [1.82, 2.24) is 10.6 Å². The van der Waals surface area contributed by atoms with Crippen molar-refractivity contribution in [2.45, 2.75) is 85.1 Å². The van der Waals surface area contributed by atoms with Gasteiger partial charge in [0.1, 0.15) is 5.60 Å². The predicted molar refractivity (Wildman–Crippen MR) is 89.1 cm³/mol. The van der Waals surface area contributed by atoms with Crippen LogP contribution in [0.15, 0.2) is 0 Å². The average molecular weight is 314 g/mol. The molecule has 3 unspecified atom stereocenters. The summed E-state index contributed by atoms with van der Waals surface area (Å²) in [6.45, 7) is 15.9. The summed E-state index contributed by atoms with van der Waals surface area (Å²) in [5.74, 6) is 0. The van der Waals surface area contributed by atoms with Crippen LogP contribution in [0, 0.1) is 5.41 Å². The Kier molecular flexibility index (Phi) is 6.68. The lowest BCUT2D eigenvalue weighted by Gasteiger charge is -2.45. The lowest BCUT2D eigenvalue weighted by molar-refractivity contribution is -0.0437. The highest BCUT2D eigenvalue weighted by Crippen LogP contribution is 2.26. The van der Waals surface area contributed by atoms with Crippen molar-refractivity contribution in [2.75, 3.05) is 13.2 Å². The van der Waals surface area contributed by atoms with Crippen molar-refractivity contribution < 1.29 is 14.3 Å². The molecule has 1 saturated carbocycles. The minimum atomic E-state index is -0.470. The summed E-state index contributed by atoms with van der Waals surface area (Å²) in [7, 11) is 0. The van der Waals surface area contributed by atoms with Gasteiger partial charge in [0.15, 0.2) is 0 Å². The van der Waals surface area contributed by atoms with E-state index in [1.165, 1.54) is 0 Å². The third-order valence-corrected chi connectivity index (χ3v) is 3.66. The minimum absolute atomic E-state index is 0.0753. The molecule has 1 aliphatic carbocycles. The molecule has 1 rings (SSSR count). The Bertz CT molecular complexity index is 358. The molecule has 5 nitrogen and oxygen atoms in total. The summed E-state index contributed by atoms with van der Waals surface area (Å²) in [6, 6.07) is 0.237. The zero-order chi connectivity index (χ0) is 17.0. The van der Waals surface area contributed by atoms with Gasteiger partial charge in [-0.1, -0.05) is 20.8 Å². The van der Waals surface area contributed by atoms with Crippen molar-refractivity contribution in [2.24, 2.45) is 5.41 Å². The highest BCUT2D eigenvalue weighted by Gasteiger charge is 2.42. The molecular formula is C17H34N2O3. The molecule has 0 heterocycles. The van der Waals surface area contributed by atoms with Crippen molar-refractivity contribution in [3.8, 4) is 0 Å². The molecule has 130 valence electrons. The molecule has 0 aromatic carbocycles. The van der Waals surface area contributed by atoms with Crippen molar-refractivity contribution in [3.63, 3.8) is 0 Å². The summed E-state index contributed by atoms with van der Waals surface area (Å²) in [5.41, 5.74) is -0.172. The maximum absolute atomic E-state index is 11.9. The van der Waals surface area contributed by atoms with E-state index >= 15 is 0 Å². The first kappa shape index (κ1) is 19.2. The van der Waals surface area contributed by atoms with E-state index in [2.05, 4.69) is 31.4 Å². The highest BCUT2D eigenvalue weighted by atomic mass is 16.6. The molecule has 2 N–H and O–H groups in total. The predicted octanol–water partition coefficient (Wildman–Crippen LogP) is 3.08. The number of carbonyl (C=O) groups excluding carboxylic acids is 1. The molecule has 5 heteroatoms. The van der Waals surface area contributed by atoms with Crippen molar-refractivity contribution in [1.29, 1.82) is 0 Å². The monoisotopic (exact) mass is 314 g/mol. The largest absolute Gasteiger partial charge is 0.444 e.